The second-order valence-electron chi connectivity index (χ2n) is 2.73. The van der Waals surface area contributed by atoms with E-state index in [2.05, 4.69) is 25.3 Å². The predicted octanol–water partition coefficient (Wildman–Crippen LogP) is -0.658. The van der Waals surface area contributed by atoms with E-state index in [1.165, 1.54) is 6.92 Å². The molecule has 0 saturated carbocycles. The molecule has 15 heavy (non-hydrogen) atoms. The average molecular weight is 214 g/mol. The number of aromatic nitrogens is 2. The third-order valence-electron chi connectivity index (χ3n) is 1.53. The average Bonchev–Trinajstić information content (AvgIpc) is 2.66. The number of hydrogen-bond donors (Lipinski definition) is 3. The van der Waals surface area contributed by atoms with Crippen LogP contribution in [-0.4, -0.2) is 33.3 Å². The van der Waals surface area contributed by atoms with E-state index < -0.39 is 18.0 Å². The molecule has 0 unspecified atom stereocenters. The lowest BCUT2D eigenvalue weighted by atomic mass is 10.3. The van der Waals surface area contributed by atoms with Gasteiger partial charge in [0, 0.05) is 0 Å². The number of carboxylic acid groups (broad SMARTS) is 1. The minimum Gasteiger partial charge on any atom is -0.480 e. The van der Waals surface area contributed by atoms with Crippen LogP contribution in [0.25, 0.3) is 0 Å². The zero-order valence-corrected chi connectivity index (χ0v) is 7.93. The molecule has 1 aromatic heterocycles. The molecule has 1 heterocycles. The van der Waals surface area contributed by atoms with Gasteiger partial charge in [0.05, 0.1) is 6.54 Å². The molecule has 1 rings (SSSR count). The van der Waals surface area contributed by atoms with Crippen molar-refractivity contribution in [3.63, 3.8) is 0 Å². The van der Waals surface area contributed by atoms with Crippen molar-refractivity contribution in [3.05, 3.63) is 12.2 Å². The summed E-state index contributed by atoms with van der Waals surface area (Å²) < 4.78 is 4.44. The van der Waals surface area contributed by atoms with Crippen LogP contribution in [0.1, 0.15) is 12.7 Å². The summed E-state index contributed by atoms with van der Waals surface area (Å²) in [6.45, 7) is 1.44. The molecule has 3 N–H and O–H groups in total. The molecule has 0 spiro atoms. The summed E-state index contributed by atoms with van der Waals surface area (Å²) in [4.78, 5) is 25.1. The molecule has 0 aliphatic carbocycles. The monoisotopic (exact) mass is 214 g/mol. The van der Waals surface area contributed by atoms with Crippen molar-refractivity contribution < 1.29 is 19.2 Å². The molecular weight excluding hydrogens is 204 g/mol. The maximum Gasteiger partial charge on any atom is 0.325 e. The number of aliphatic carboxylic acids is 1. The van der Waals surface area contributed by atoms with Crippen molar-refractivity contribution in [2.24, 2.45) is 0 Å². The number of urea groups is 1. The highest BCUT2D eigenvalue weighted by molar-refractivity contribution is 5.81. The highest BCUT2D eigenvalue weighted by Crippen LogP contribution is 1.87. The van der Waals surface area contributed by atoms with Gasteiger partial charge < -0.3 is 20.3 Å². The second kappa shape index (κ2) is 4.94. The van der Waals surface area contributed by atoms with E-state index in [1.807, 2.05) is 0 Å². The van der Waals surface area contributed by atoms with Crippen molar-refractivity contribution in [3.8, 4) is 0 Å². The first-order valence-electron chi connectivity index (χ1n) is 4.12. The Hall–Kier alpha value is -2.12. The summed E-state index contributed by atoms with van der Waals surface area (Å²) in [6, 6.07) is -1.55. The van der Waals surface area contributed by atoms with Crippen molar-refractivity contribution in [1.82, 2.24) is 20.8 Å². The maximum absolute atomic E-state index is 11.1. The van der Waals surface area contributed by atoms with Gasteiger partial charge in [-0.15, -0.1) is 0 Å². The van der Waals surface area contributed by atoms with Crippen LogP contribution in [0.4, 0.5) is 4.79 Å². The van der Waals surface area contributed by atoms with Crippen LogP contribution >= 0.6 is 0 Å². The van der Waals surface area contributed by atoms with Gasteiger partial charge in [-0.05, 0) is 6.92 Å². The van der Waals surface area contributed by atoms with Crippen LogP contribution in [0.3, 0.4) is 0 Å². The summed E-state index contributed by atoms with van der Waals surface area (Å²) in [6.07, 6.45) is 1.13. The fourth-order valence-corrected chi connectivity index (χ4v) is 0.739. The zero-order valence-electron chi connectivity index (χ0n) is 7.93. The van der Waals surface area contributed by atoms with Gasteiger partial charge in [-0.1, -0.05) is 5.16 Å². The highest BCUT2D eigenvalue weighted by atomic mass is 16.5. The van der Waals surface area contributed by atoms with Crippen LogP contribution in [-0.2, 0) is 11.3 Å². The Balaban J connectivity index is 2.28. The summed E-state index contributed by atoms with van der Waals surface area (Å²) in [5.74, 6) is -0.794. The Kier molecular flexibility index (Phi) is 3.61. The van der Waals surface area contributed by atoms with E-state index in [0.29, 0.717) is 5.82 Å². The lowest BCUT2D eigenvalue weighted by Crippen LogP contribution is -2.44. The zero-order chi connectivity index (χ0) is 11.3. The normalized spacial score (nSPS) is 11.8. The van der Waals surface area contributed by atoms with Gasteiger partial charge in [0.25, 0.3) is 0 Å². The van der Waals surface area contributed by atoms with E-state index in [0.717, 1.165) is 6.39 Å². The van der Waals surface area contributed by atoms with Gasteiger partial charge in [0.2, 0.25) is 6.39 Å². The number of rotatable bonds is 4. The number of hydrogen-bond acceptors (Lipinski definition) is 5. The molecule has 0 saturated heterocycles. The molecule has 8 heteroatoms. The first-order valence-corrected chi connectivity index (χ1v) is 4.12. The molecule has 0 aliphatic rings. The van der Waals surface area contributed by atoms with E-state index in [4.69, 9.17) is 5.11 Å². The summed E-state index contributed by atoms with van der Waals surface area (Å²) in [7, 11) is 0. The molecule has 0 aliphatic heterocycles. The maximum atomic E-state index is 11.1. The minimum atomic E-state index is -1.11. The fraction of sp³-hybridized carbons (Fsp3) is 0.429. The van der Waals surface area contributed by atoms with Gasteiger partial charge in [-0.25, -0.2) is 4.79 Å². The molecule has 0 radical (unpaired) electrons. The van der Waals surface area contributed by atoms with Gasteiger partial charge >= 0.3 is 12.0 Å². The lowest BCUT2D eigenvalue weighted by molar-refractivity contribution is -0.138. The molecule has 1 atom stereocenters. The Morgan fingerprint density at radius 2 is 2.40 bits per heavy atom. The smallest absolute Gasteiger partial charge is 0.325 e. The third-order valence-corrected chi connectivity index (χ3v) is 1.53. The molecule has 1 aromatic rings. The number of carbonyl (C=O) groups excluding carboxylic acids is 1. The number of nitrogens with one attached hydrogen (secondary N) is 2. The first kappa shape index (κ1) is 11.0. The summed E-state index contributed by atoms with van der Waals surface area (Å²) in [5.41, 5.74) is 0. The molecule has 0 fully saturated rings. The first-order chi connectivity index (χ1) is 7.09. The molecular formula is C7H10N4O4. The van der Waals surface area contributed by atoms with Crippen LogP contribution in [0.2, 0.25) is 0 Å². The van der Waals surface area contributed by atoms with Crippen molar-refractivity contribution in [1.29, 1.82) is 0 Å². The van der Waals surface area contributed by atoms with E-state index in [1.54, 1.807) is 0 Å². The topological polar surface area (TPSA) is 117 Å². The summed E-state index contributed by atoms with van der Waals surface area (Å²) in [5, 5.41) is 16.5. The second-order valence-corrected chi connectivity index (χ2v) is 2.73. The van der Waals surface area contributed by atoms with Crippen LogP contribution in [0.15, 0.2) is 10.9 Å². The Labute approximate surface area is 84.7 Å². The van der Waals surface area contributed by atoms with Crippen LogP contribution in [0, 0.1) is 0 Å². The van der Waals surface area contributed by atoms with Crippen LogP contribution < -0.4 is 10.6 Å². The number of carbonyl (C=O) groups is 2. The minimum absolute atomic E-state index is 0.0780. The molecule has 2 amide bonds. The molecule has 0 aromatic carbocycles. The highest BCUT2D eigenvalue weighted by Gasteiger charge is 2.13. The number of nitrogens with zero attached hydrogens (tertiary/aromatic N) is 2. The van der Waals surface area contributed by atoms with Crippen molar-refractivity contribution in [2.75, 3.05) is 0 Å². The lowest BCUT2D eigenvalue weighted by Gasteiger charge is -2.09. The van der Waals surface area contributed by atoms with Crippen LogP contribution in [0.5, 0.6) is 0 Å². The Bertz CT molecular complexity index is 337. The van der Waals surface area contributed by atoms with Gasteiger partial charge in [0.15, 0.2) is 5.82 Å². The molecule has 82 valence electrons. The van der Waals surface area contributed by atoms with Gasteiger partial charge in [-0.2, -0.15) is 4.98 Å². The Morgan fingerprint density at radius 3 is 2.93 bits per heavy atom. The SMILES string of the molecule is C[C@H](NC(=O)NCc1ncon1)C(=O)O. The van der Waals surface area contributed by atoms with Gasteiger partial charge in [-0.3, -0.25) is 4.79 Å². The number of amides is 2. The largest absolute Gasteiger partial charge is 0.480 e. The third kappa shape index (κ3) is 3.63. The molecule has 8 nitrogen and oxygen atoms in total. The van der Waals surface area contributed by atoms with E-state index >= 15 is 0 Å². The Morgan fingerprint density at radius 1 is 1.67 bits per heavy atom. The molecule has 0 bridgehead atoms. The van der Waals surface area contributed by atoms with Gasteiger partial charge in [0.1, 0.15) is 6.04 Å². The number of carboxylic acids is 1. The van der Waals surface area contributed by atoms with Crippen molar-refractivity contribution in [2.45, 2.75) is 19.5 Å². The fourth-order valence-electron chi connectivity index (χ4n) is 0.739. The standard InChI is InChI=1S/C7H10N4O4/c1-4(6(12)13)10-7(14)8-2-5-9-3-15-11-5/h3-4H,2H2,1H3,(H,12,13)(H2,8,10,14)/t4-/m0/s1. The van der Waals surface area contributed by atoms with E-state index in [9.17, 15) is 9.59 Å². The quantitative estimate of drug-likeness (QED) is 0.612. The summed E-state index contributed by atoms with van der Waals surface area (Å²) >= 11 is 0. The van der Waals surface area contributed by atoms with Crippen molar-refractivity contribution >= 4 is 12.0 Å². The predicted molar refractivity (Wildman–Crippen MR) is 46.8 cm³/mol. The van der Waals surface area contributed by atoms with E-state index in [-0.39, 0.29) is 6.54 Å².